The highest BCUT2D eigenvalue weighted by atomic mass is 32.2. The summed E-state index contributed by atoms with van der Waals surface area (Å²) in [6.45, 7) is 4.05. The summed E-state index contributed by atoms with van der Waals surface area (Å²) in [4.78, 5) is 41.2. The topological polar surface area (TPSA) is 106 Å². The smallest absolute Gasteiger partial charge is 0.272 e. The highest BCUT2D eigenvalue weighted by molar-refractivity contribution is 8.00. The lowest BCUT2D eigenvalue weighted by Gasteiger charge is -2.18. The van der Waals surface area contributed by atoms with Gasteiger partial charge in [0.2, 0.25) is 5.91 Å². The molecule has 3 N–H and O–H groups in total. The molecular weight excluding hydrogens is 635 g/mol. The Morgan fingerprint density at radius 1 is 0.694 bits per heavy atom. The number of nitrogens with one attached hydrogen (secondary N) is 3. The third-order valence-corrected chi connectivity index (χ3v) is 9.02. The Kier molecular flexibility index (Phi) is 11.5. The minimum absolute atomic E-state index is 0.0166. The van der Waals surface area contributed by atoms with Crippen molar-refractivity contribution < 1.29 is 23.9 Å². The average Bonchev–Trinajstić information content (AvgIpc) is 3.13. The van der Waals surface area contributed by atoms with Crippen LogP contribution in [-0.4, -0.2) is 31.9 Å². The highest BCUT2D eigenvalue weighted by Gasteiger charge is 2.23. The van der Waals surface area contributed by atoms with Gasteiger partial charge in [0.05, 0.1) is 14.2 Å². The van der Waals surface area contributed by atoms with Crippen molar-refractivity contribution in [2.45, 2.75) is 24.0 Å². The number of ether oxygens (including phenoxy) is 2. The lowest BCUT2D eigenvalue weighted by atomic mass is 10.1. The molecule has 5 aromatic carbocycles. The summed E-state index contributed by atoms with van der Waals surface area (Å²) in [6, 6.07) is 36.5. The van der Waals surface area contributed by atoms with Crippen molar-refractivity contribution in [3.63, 3.8) is 0 Å². The van der Waals surface area contributed by atoms with Crippen molar-refractivity contribution in [2.24, 2.45) is 0 Å². The number of anilines is 2. The molecule has 49 heavy (non-hydrogen) atoms. The van der Waals surface area contributed by atoms with E-state index in [1.807, 2.05) is 80.6 Å². The summed E-state index contributed by atoms with van der Waals surface area (Å²) in [5, 5.41) is 8.18. The van der Waals surface area contributed by atoms with Crippen molar-refractivity contribution >= 4 is 46.9 Å². The van der Waals surface area contributed by atoms with Crippen LogP contribution in [0, 0.1) is 13.8 Å². The van der Waals surface area contributed by atoms with Gasteiger partial charge in [-0.25, -0.2) is 0 Å². The molecule has 0 fully saturated rings. The van der Waals surface area contributed by atoms with Crippen LogP contribution in [0.15, 0.2) is 132 Å². The van der Waals surface area contributed by atoms with E-state index in [2.05, 4.69) is 16.0 Å². The lowest BCUT2D eigenvalue weighted by molar-refractivity contribution is -0.116. The Balaban J connectivity index is 1.36. The van der Waals surface area contributed by atoms with Gasteiger partial charge in [0.25, 0.3) is 11.8 Å². The molecule has 0 aromatic heterocycles. The normalized spacial score (nSPS) is 11.6. The number of hydrogen-bond donors (Lipinski definition) is 3. The Morgan fingerprint density at radius 2 is 1.37 bits per heavy atom. The maximum absolute atomic E-state index is 13.6. The van der Waals surface area contributed by atoms with E-state index in [9.17, 15) is 14.4 Å². The fraction of sp³-hybridized carbons (Fsp3) is 0.125. The number of amides is 3. The minimum Gasteiger partial charge on any atom is -0.497 e. The second-order valence-electron chi connectivity index (χ2n) is 11.2. The number of rotatable bonds is 12. The monoisotopic (exact) mass is 671 g/mol. The standard InChI is InChI=1S/C40H37N3O5S/c1-26-15-17-32(23-27(26)2)42-40(46)37(28-11-7-5-8-12-28)49-34-21-18-31(19-22-34)41-39(45)35(43-38(44)29-13-9-6-10-14-29)24-30-16-20-33(47-3)25-36(30)48-4/h5-25,37H,1-4H3,(H,41,45)(H,42,46)(H,43,44)/b35-24-. The molecule has 1 atom stereocenters. The first-order chi connectivity index (χ1) is 23.7. The van der Waals surface area contributed by atoms with Crippen LogP contribution in [0.1, 0.15) is 37.9 Å². The van der Waals surface area contributed by atoms with Crippen molar-refractivity contribution in [2.75, 3.05) is 24.9 Å². The second kappa shape index (κ2) is 16.3. The number of carbonyl (C=O) groups excluding carboxylic acids is 3. The van der Waals surface area contributed by atoms with E-state index < -0.39 is 17.1 Å². The van der Waals surface area contributed by atoms with E-state index in [4.69, 9.17) is 9.47 Å². The van der Waals surface area contributed by atoms with Gasteiger partial charge in [-0.05, 0) is 97.3 Å². The van der Waals surface area contributed by atoms with Crippen LogP contribution < -0.4 is 25.4 Å². The zero-order chi connectivity index (χ0) is 34.8. The summed E-state index contributed by atoms with van der Waals surface area (Å²) in [6.07, 6.45) is 1.55. The molecule has 0 heterocycles. The Hall–Kier alpha value is -5.80. The van der Waals surface area contributed by atoms with Gasteiger partial charge in [0.1, 0.15) is 22.4 Å². The molecule has 248 valence electrons. The number of aryl methyl sites for hydroxylation is 2. The molecule has 0 aliphatic carbocycles. The first kappa shape index (κ1) is 34.5. The molecule has 8 nitrogen and oxygen atoms in total. The van der Waals surface area contributed by atoms with Crippen LogP contribution in [0.4, 0.5) is 11.4 Å². The number of thioether (sulfide) groups is 1. The van der Waals surface area contributed by atoms with Gasteiger partial charge in [-0.3, -0.25) is 14.4 Å². The van der Waals surface area contributed by atoms with Gasteiger partial charge in [-0.1, -0.05) is 54.6 Å². The largest absolute Gasteiger partial charge is 0.497 e. The van der Waals surface area contributed by atoms with Gasteiger partial charge in [-0.15, -0.1) is 11.8 Å². The predicted molar refractivity (Wildman–Crippen MR) is 196 cm³/mol. The molecule has 9 heteroatoms. The molecule has 3 amide bonds. The number of hydrogen-bond acceptors (Lipinski definition) is 6. The molecule has 0 radical (unpaired) electrons. The van der Waals surface area contributed by atoms with Crippen molar-refractivity contribution in [3.8, 4) is 11.5 Å². The molecule has 1 unspecified atom stereocenters. The van der Waals surface area contributed by atoms with Gasteiger partial charge in [-0.2, -0.15) is 0 Å². The molecule has 0 saturated carbocycles. The number of carbonyl (C=O) groups is 3. The fourth-order valence-corrected chi connectivity index (χ4v) is 5.94. The molecule has 0 spiro atoms. The number of benzene rings is 5. The molecule has 0 aliphatic rings. The van der Waals surface area contributed by atoms with Gasteiger partial charge in [0.15, 0.2) is 0 Å². The van der Waals surface area contributed by atoms with Crippen molar-refractivity contribution in [1.82, 2.24) is 5.32 Å². The maximum Gasteiger partial charge on any atom is 0.272 e. The van der Waals surface area contributed by atoms with E-state index >= 15 is 0 Å². The Bertz CT molecular complexity index is 1960. The second-order valence-corrected chi connectivity index (χ2v) is 12.3. The zero-order valence-electron chi connectivity index (χ0n) is 27.7. The summed E-state index contributed by atoms with van der Waals surface area (Å²) < 4.78 is 10.8. The predicted octanol–water partition coefficient (Wildman–Crippen LogP) is 8.20. The third-order valence-electron chi connectivity index (χ3n) is 7.75. The fourth-order valence-electron chi connectivity index (χ4n) is 4.91. The first-order valence-electron chi connectivity index (χ1n) is 15.6. The van der Waals surface area contributed by atoms with E-state index in [1.165, 1.54) is 18.9 Å². The Labute approximate surface area is 290 Å². The Morgan fingerprint density at radius 3 is 2.02 bits per heavy atom. The van der Waals surface area contributed by atoms with E-state index in [0.29, 0.717) is 28.3 Å². The van der Waals surface area contributed by atoms with Crippen LogP contribution in [0.5, 0.6) is 11.5 Å². The van der Waals surface area contributed by atoms with Gasteiger partial charge >= 0.3 is 0 Å². The zero-order valence-corrected chi connectivity index (χ0v) is 28.5. The molecule has 5 aromatic rings. The summed E-state index contributed by atoms with van der Waals surface area (Å²) >= 11 is 1.41. The molecule has 0 saturated heterocycles. The van der Waals surface area contributed by atoms with Crippen LogP contribution in [0.2, 0.25) is 0 Å². The van der Waals surface area contributed by atoms with Crippen LogP contribution >= 0.6 is 11.8 Å². The third kappa shape index (κ3) is 9.18. The number of methoxy groups -OCH3 is 2. The van der Waals surface area contributed by atoms with Crippen LogP contribution in [0.25, 0.3) is 6.08 Å². The summed E-state index contributed by atoms with van der Waals surface area (Å²) in [5.74, 6) is -0.0579. The summed E-state index contributed by atoms with van der Waals surface area (Å²) in [5.41, 5.74) is 5.35. The quantitative estimate of drug-likeness (QED) is 0.0913. The van der Waals surface area contributed by atoms with E-state index in [1.54, 1.807) is 67.8 Å². The van der Waals surface area contributed by atoms with Crippen molar-refractivity contribution in [3.05, 3.63) is 155 Å². The van der Waals surface area contributed by atoms with Crippen molar-refractivity contribution in [1.29, 1.82) is 0 Å². The van der Waals surface area contributed by atoms with Crippen LogP contribution in [-0.2, 0) is 9.59 Å². The molecule has 0 bridgehead atoms. The van der Waals surface area contributed by atoms with Gasteiger partial charge in [0, 0.05) is 33.5 Å². The molecule has 5 rings (SSSR count). The minimum atomic E-state index is -0.530. The highest BCUT2D eigenvalue weighted by Crippen LogP contribution is 2.37. The van der Waals surface area contributed by atoms with Gasteiger partial charge < -0.3 is 25.4 Å². The lowest BCUT2D eigenvalue weighted by Crippen LogP contribution is -2.30. The maximum atomic E-state index is 13.6. The first-order valence-corrected chi connectivity index (χ1v) is 16.4. The van der Waals surface area contributed by atoms with E-state index in [-0.39, 0.29) is 11.6 Å². The van der Waals surface area contributed by atoms with E-state index in [0.717, 1.165) is 27.3 Å². The molecule has 0 aliphatic heterocycles. The summed E-state index contributed by atoms with van der Waals surface area (Å²) in [7, 11) is 3.07. The average molecular weight is 672 g/mol. The molecular formula is C40H37N3O5S. The van der Waals surface area contributed by atoms with Crippen LogP contribution in [0.3, 0.4) is 0 Å². The SMILES string of the molecule is COc1ccc(/C=C(\NC(=O)c2ccccc2)C(=O)Nc2ccc(SC(C(=O)Nc3ccc(C)c(C)c3)c3ccccc3)cc2)c(OC)c1.